The van der Waals surface area contributed by atoms with Crippen molar-refractivity contribution in [1.29, 1.82) is 0 Å². The lowest BCUT2D eigenvalue weighted by Crippen LogP contribution is -2.29. The maximum absolute atomic E-state index is 12.1. The van der Waals surface area contributed by atoms with Gasteiger partial charge in [0.15, 0.2) is 0 Å². The van der Waals surface area contributed by atoms with Crippen LogP contribution in [0.5, 0.6) is 5.75 Å². The Morgan fingerprint density at radius 2 is 2.10 bits per heavy atom. The van der Waals surface area contributed by atoms with Crippen LogP contribution in [-0.2, 0) is 0 Å². The fourth-order valence-electron chi connectivity index (χ4n) is 1.85. The number of carbonyl (C=O) groups is 1. The van der Waals surface area contributed by atoms with E-state index in [9.17, 15) is 4.79 Å². The van der Waals surface area contributed by atoms with Crippen LogP contribution in [-0.4, -0.2) is 44.1 Å². The summed E-state index contributed by atoms with van der Waals surface area (Å²) >= 11 is 3.39. The summed E-state index contributed by atoms with van der Waals surface area (Å²) in [5.41, 5.74) is 0.605. The van der Waals surface area contributed by atoms with Crippen molar-refractivity contribution in [3.8, 4) is 5.75 Å². The van der Waals surface area contributed by atoms with Gasteiger partial charge in [0.2, 0.25) is 0 Å². The van der Waals surface area contributed by atoms with E-state index in [-0.39, 0.29) is 5.91 Å². The molecule has 1 aromatic rings. The van der Waals surface area contributed by atoms with Crippen molar-refractivity contribution in [2.75, 3.05) is 27.2 Å². The largest absolute Gasteiger partial charge is 0.497 e. The molecule has 1 aromatic carbocycles. The fraction of sp³-hybridized carbons (Fsp3) is 0.562. The highest BCUT2D eigenvalue weighted by Crippen LogP contribution is 2.22. The summed E-state index contributed by atoms with van der Waals surface area (Å²) in [5.74, 6) is 0.611. The van der Waals surface area contributed by atoms with Crippen molar-refractivity contribution in [2.24, 2.45) is 0 Å². The molecule has 0 fully saturated rings. The minimum atomic E-state index is -0.0713. The van der Waals surface area contributed by atoms with Gasteiger partial charge in [-0.15, -0.1) is 0 Å². The van der Waals surface area contributed by atoms with E-state index >= 15 is 0 Å². The zero-order chi connectivity index (χ0) is 15.8. The number of unbranched alkanes of at least 4 members (excludes halogenated alkanes) is 1. The van der Waals surface area contributed by atoms with Crippen LogP contribution in [0.1, 0.15) is 37.0 Å². The number of halogens is 1. The molecule has 0 bridgehead atoms. The minimum absolute atomic E-state index is 0.0713. The second kappa shape index (κ2) is 9.05. The molecule has 118 valence electrons. The van der Waals surface area contributed by atoms with Crippen molar-refractivity contribution in [1.82, 2.24) is 10.2 Å². The molecule has 4 nitrogen and oxygen atoms in total. The molecule has 1 N–H and O–H groups in total. The van der Waals surface area contributed by atoms with E-state index in [1.165, 1.54) is 0 Å². The first-order valence-electron chi connectivity index (χ1n) is 7.27. The summed E-state index contributed by atoms with van der Waals surface area (Å²) in [6.07, 6.45) is 2.05. The van der Waals surface area contributed by atoms with Gasteiger partial charge in [-0.25, -0.2) is 0 Å². The van der Waals surface area contributed by atoms with Gasteiger partial charge in [-0.1, -0.05) is 0 Å². The quantitative estimate of drug-likeness (QED) is 0.726. The molecule has 0 saturated heterocycles. The molecule has 21 heavy (non-hydrogen) atoms. The Bertz CT molecular complexity index is 464. The molecule has 1 amide bonds. The number of hydrogen-bond donors (Lipinski definition) is 1. The maximum atomic E-state index is 12.1. The third-order valence-corrected chi connectivity index (χ3v) is 4.21. The third-order valence-electron chi connectivity index (χ3n) is 3.52. The van der Waals surface area contributed by atoms with Gasteiger partial charge in [0.1, 0.15) is 5.75 Å². The highest BCUT2D eigenvalue weighted by atomic mass is 79.9. The van der Waals surface area contributed by atoms with E-state index in [2.05, 4.69) is 47.0 Å². The Morgan fingerprint density at radius 3 is 2.71 bits per heavy atom. The summed E-state index contributed by atoms with van der Waals surface area (Å²) in [6, 6.07) is 5.95. The fourth-order valence-corrected chi connectivity index (χ4v) is 2.27. The second-order valence-electron chi connectivity index (χ2n) is 5.38. The van der Waals surface area contributed by atoms with Gasteiger partial charge in [0.05, 0.1) is 12.7 Å². The van der Waals surface area contributed by atoms with Crippen LogP contribution >= 0.6 is 15.9 Å². The zero-order valence-corrected chi connectivity index (χ0v) is 14.9. The Labute approximate surface area is 136 Å². The molecule has 0 aliphatic carbocycles. The molecular formula is C16H25BrN2O2. The van der Waals surface area contributed by atoms with Crippen molar-refractivity contribution in [2.45, 2.75) is 32.7 Å². The normalized spacial score (nSPS) is 11.0. The predicted molar refractivity (Wildman–Crippen MR) is 90.0 cm³/mol. The van der Waals surface area contributed by atoms with Gasteiger partial charge in [0.25, 0.3) is 5.91 Å². The van der Waals surface area contributed by atoms with Crippen LogP contribution in [0.25, 0.3) is 0 Å². The number of nitrogens with zero attached hydrogens (tertiary/aromatic N) is 1. The second-order valence-corrected chi connectivity index (χ2v) is 6.24. The Morgan fingerprint density at radius 1 is 1.38 bits per heavy atom. The minimum Gasteiger partial charge on any atom is -0.497 e. The first-order chi connectivity index (χ1) is 9.95. The Balaban J connectivity index is 2.37. The van der Waals surface area contributed by atoms with Crippen molar-refractivity contribution in [3.05, 3.63) is 28.2 Å². The van der Waals surface area contributed by atoms with Crippen LogP contribution in [0, 0.1) is 0 Å². The van der Waals surface area contributed by atoms with Gasteiger partial charge in [-0.2, -0.15) is 0 Å². The predicted octanol–water partition coefficient (Wildman–Crippen LogP) is 3.31. The SMILES string of the molecule is COc1ccc(Br)c(C(=O)NCCCCN(C)C(C)C)c1. The van der Waals surface area contributed by atoms with Gasteiger partial charge in [-0.3, -0.25) is 4.79 Å². The number of benzene rings is 1. The molecule has 5 heteroatoms. The van der Waals surface area contributed by atoms with Crippen LogP contribution in [0.15, 0.2) is 22.7 Å². The average molecular weight is 357 g/mol. The van der Waals surface area contributed by atoms with E-state index in [4.69, 9.17) is 4.74 Å². The van der Waals surface area contributed by atoms with Gasteiger partial charge >= 0.3 is 0 Å². The molecule has 0 heterocycles. The highest BCUT2D eigenvalue weighted by Gasteiger charge is 2.10. The third kappa shape index (κ3) is 6.06. The number of carbonyl (C=O) groups excluding carboxylic acids is 1. The Hall–Kier alpha value is -1.07. The highest BCUT2D eigenvalue weighted by molar-refractivity contribution is 9.10. The van der Waals surface area contributed by atoms with Crippen molar-refractivity contribution >= 4 is 21.8 Å². The lowest BCUT2D eigenvalue weighted by molar-refractivity contribution is 0.0951. The molecule has 0 unspecified atom stereocenters. The average Bonchev–Trinajstić information content (AvgIpc) is 2.46. The van der Waals surface area contributed by atoms with E-state index in [0.717, 1.165) is 23.9 Å². The van der Waals surface area contributed by atoms with Gasteiger partial charge in [0, 0.05) is 17.1 Å². The number of methoxy groups -OCH3 is 1. The zero-order valence-electron chi connectivity index (χ0n) is 13.3. The van der Waals surface area contributed by atoms with Gasteiger partial charge < -0.3 is 15.0 Å². The van der Waals surface area contributed by atoms with E-state index in [0.29, 0.717) is 23.9 Å². The van der Waals surface area contributed by atoms with Gasteiger partial charge in [-0.05, 0) is 74.4 Å². The van der Waals surface area contributed by atoms with Crippen LogP contribution in [0.4, 0.5) is 0 Å². The Kier molecular flexibility index (Phi) is 7.75. The number of hydrogen-bond acceptors (Lipinski definition) is 3. The summed E-state index contributed by atoms with van der Waals surface area (Å²) < 4.78 is 5.92. The molecular weight excluding hydrogens is 332 g/mol. The lowest BCUT2D eigenvalue weighted by Gasteiger charge is -2.20. The summed E-state index contributed by atoms with van der Waals surface area (Å²) in [4.78, 5) is 14.4. The topological polar surface area (TPSA) is 41.6 Å². The van der Waals surface area contributed by atoms with Crippen LogP contribution in [0.3, 0.4) is 0 Å². The molecule has 0 aromatic heterocycles. The molecule has 0 aliphatic rings. The number of amides is 1. The van der Waals surface area contributed by atoms with E-state index < -0.39 is 0 Å². The first kappa shape index (κ1) is 18.0. The maximum Gasteiger partial charge on any atom is 0.252 e. The van der Waals surface area contributed by atoms with Crippen molar-refractivity contribution in [3.63, 3.8) is 0 Å². The standard InChI is InChI=1S/C16H25BrN2O2/c1-12(2)19(3)10-6-5-9-18-16(20)14-11-13(21-4)7-8-15(14)17/h7-8,11-12H,5-6,9-10H2,1-4H3,(H,18,20). The van der Waals surface area contributed by atoms with Crippen LogP contribution < -0.4 is 10.1 Å². The smallest absolute Gasteiger partial charge is 0.252 e. The molecule has 0 saturated carbocycles. The lowest BCUT2D eigenvalue weighted by atomic mass is 10.2. The molecule has 1 rings (SSSR count). The van der Waals surface area contributed by atoms with E-state index in [1.54, 1.807) is 13.2 Å². The summed E-state index contributed by atoms with van der Waals surface area (Å²) in [5, 5.41) is 2.95. The molecule has 0 radical (unpaired) electrons. The van der Waals surface area contributed by atoms with E-state index in [1.807, 2.05) is 12.1 Å². The van der Waals surface area contributed by atoms with Crippen LogP contribution in [0.2, 0.25) is 0 Å². The van der Waals surface area contributed by atoms with Crippen molar-refractivity contribution < 1.29 is 9.53 Å². The number of nitrogens with one attached hydrogen (secondary N) is 1. The molecule has 0 atom stereocenters. The first-order valence-corrected chi connectivity index (χ1v) is 8.07. The molecule has 0 aliphatic heterocycles. The summed E-state index contributed by atoms with van der Waals surface area (Å²) in [7, 11) is 3.72. The number of ether oxygens (including phenoxy) is 1. The molecule has 0 spiro atoms. The monoisotopic (exact) mass is 356 g/mol. The number of rotatable bonds is 8. The summed E-state index contributed by atoms with van der Waals surface area (Å²) in [6.45, 7) is 6.11.